The van der Waals surface area contributed by atoms with Crippen LogP contribution in [0.15, 0.2) is 77.7 Å². The van der Waals surface area contributed by atoms with E-state index in [4.69, 9.17) is 0 Å². The zero-order chi connectivity index (χ0) is 22.0. The van der Waals surface area contributed by atoms with E-state index < -0.39 is 15.8 Å². The molecule has 1 amide bonds. The SMILES string of the molecule is O=C(c1ccc(S(=O)(=O)Nc2ccccc2F)cc1)N(Cc1ccc(F)cc1)C1CC1. The highest BCUT2D eigenvalue weighted by Gasteiger charge is 2.33. The van der Waals surface area contributed by atoms with Crippen molar-refractivity contribution < 1.29 is 22.0 Å². The second kappa shape index (κ2) is 8.47. The Kier molecular flexibility index (Phi) is 5.73. The number of carbonyl (C=O) groups excluding carboxylic acids is 1. The van der Waals surface area contributed by atoms with Crippen LogP contribution in [0.25, 0.3) is 0 Å². The molecule has 1 aliphatic carbocycles. The second-order valence-electron chi connectivity index (χ2n) is 7.40. The van der Waals surface area contributed by atoms with E-state index in [-0.39, 0.29) is 28.3 Å². The zero-order valence-corrected chi connectivity index (χ0v) is 17.3. The third kappa shape index (κ3) is 4.91. The molecule has 31 heavy (non-hydrogen) atoms. The van der Waals surface area contributed by atoms with E-state index in [9.17, 15) is 22.0 Å². The largest absolute Gasteiger partial charge is 0.331 e. The van der Waals surface area contributed by atoms with Crippen molar-refractivity contribution in [3.63, 3.8) is 0 Å². The number of anilines is 1. The lowest BCUT2D eigenvalue weighted by Crippen LogP contribution is -2.32. The van der Waals surface area contributed by atoms with Gasteiger partial charge in [-0.05, 0) is 66.9 Å². The van der Waals surface area contributed by atoms with Crippen molar-refractivity contribution in [2.45, 2.75) is 30.3 Å². The Morgan fingerprint density at radius 1 is 0.935 bits per heavy atom. The fourth-order valence-corrected chi connectivity index (χ4v) is 4.30. The molecule has 0 aliphatic heterocycles. The highest BCUT2D eigenvalue weighted by atomic mass is 32.2. The van der Waals surface area contributed by atoms with E-state index >= 15 is 0 Å². The summed E-state index contributed by atoms with van der Waals surface area (Å²) in [5, 5.41) is 0. The van der Waals surface area contributed by atoms with Gasteiger partial charge in [0.25, 0.3) is 15.9 Å². The first kappa shape index (κ1) is 21.0. The molecule has 0 unspecified atom stereocenters. The highest BCUT2D eigenvalue weighted by molar-refractivity contribution is 7.92. The smallest absolute Gasteiger partial charge is 0.261 e. The van der Waals surface area contributed by atoms with Crippen LogP contribution in [0.1, 0.15) is 28.8 Å². The third-order valence-corrected chi connectivity index (χ3v) is 6.43. The van der Waals surface area contributed by atoms with E-state index in [1.165, 1.54) is 54.6 Å². The van der Waals surface area contributed by atoms with Crippen LogP contribution in [0, 0.1) is 11.6 Å². The molecule has 0 heterocycles. The van der Waals surface area contributed by atoms with Gasteiger partial charge in [-0.3, -0.25) is 9.52 Å². The summed E-state index contributed by atoms with van der Waals surface area (Å²) in [5.74, 6) is -1.24. The van der Waals surface area contributed by atoms with Crippen molar-refractivity contribution in [2.24, 2.45) is 0 Å². The number of hydrogen-bond donors (Lipinski definition) is 1. The minimum Gasteiger partial charge on any atom is -0.331 e. The molecule has 0 saturated heterocycles. The minimum absolute atomic E-state index is 0.0798. The molecular weight excluding hydrogens is 422 g/mol. The molecule has 3 aromatic rings. The maximum absolute atomic E-state index is 13.8. The molecule has 3 aromatic carbocycles. The molecule has 0 radical (unpaired) electrons. The van der Waals surface area contributed by atoms with Gasteiger partial charge in [-0.2, -0.15) is 0 Å². The summed E-state index contributed by atoms with van der Waals surface area (Å²) in [5.41, 5.74) is 1.01. The first-order chi connectivity index (χ1) is 14.8. The highest BCUT2D eigenvalue weighted by Crippen LogP contribution is 2.30. The first-order valence-electron chi connectivity index (χ1n) is 9.76. The number of para-hydroxylation sites is 1. The summed E-state index contributed by atoms with van der Waals surface area (Å²) in [7, 11) is -4.01. The van der Waals surface area contributed by atoms with Gasteiger partial charge in [-0.15, -0.1) is 0 Å². The number of nitrogens with zero attached hydrogens (tertiary/aromatic N) is 1. The normalized spacial score (nSPS) is 13.6. The molecule has 0 aromatic heterocycles. The Labute approximate surface area is 179 Å². The molecule has 0 spiro atoms. The van der Waals surface area contributed by atoms with Gasteiger partial charge < -0.3 is 4.90 Å². The van der Waals surface area contributed by atoms with E-state index in [0.29, 0.717) is 12.1 Å². The summed E-state index contributed by atoms with van der Waals surface area (Å²) in [4.78, 5) is 14.7. The maximum atomic E-state index is 13.8. The molecule has 1 N–H and O–H groups in total. The van der Waals surface area contributed by atoms with E-state index in [2.05, 4.69) is 4.72 Å². The summed E-state index contributed by atoms with van der Waals surface area (Å²) in [6.07, 6.45) is 1.79. The lowest BCUT2D eigenvalue weighted by molar-refractivity contribution is 0.0730. The van der Waals surface area contributed by atoms with Gasteiger partial charge in [0, 0.05) is 18.2 Å². The predicted octanol–water partition coefficient (Wildman–Crippen LogP) is 4.57. The maximum Gasteiger partial charge on any atom is 0.261 e. The van der Waals surface area contributed by atoms with Crippen LogP contribution in [0.3, 0.4) is 0 Å². The molecule has 5 nitrogen and oxygen atoms in total. The molecule has 1 fully saturated rings. The number of nitrogens with one attached hydrogen (secondary N) is 1. The second-order valence-corrected chi connectivity index (χ2v) is 9.08. The average molecular weight is 442 g/mol. The van der Waals surface area contributed by atoms with E-state index in [1.54, 1.807) is 17.0 Å². The quantitative estimate of drug-likeness (QED) is 0.583. The van der Waals surface area contributed by atoms with Crippen molar-refractivity contribution >= 4 is 21.6 Å². The van der Waals surface area contributed by atoms with Gasteiger partial charge in [0.1, 0.15) is 11.6 Å². The molecule has 1 aliphatic rings. The molecule has 160 valence electrons. The monoisotopic (exact) mass is 442 g/mol. The van der Waals surface area contributed by atoms with Crippen molar-refractivity contribution in [1.82, 2.24) is 4.90 Å². The molecule has 4 rings (SSSR count). The van der Waals surface area contributed by atoms with Crippen LogP contribution in [-0.4, -0.2) is 25.3 Å². The van der Waals surface area contributed by atoms with Crippen molar-refractivity contribution in [3.8, 4) is 0 Å². The van der Waals surface area contributed by atoms with Crippen LogP contribution in [0.2, 0.25) is 0 Å². The number of amides is 1. The molecule has 8 heteroatoms. The number of hydrogen-bond acceptors (Lipinski definition) is 3. The Hall–Kier alpha value is -3.26. The number of halogens is 2. The van der Waals surface area contributed by atoms with Crippen LogP contribution in [-0.2, 0) is 16.6 Å². The molecule has 0 bridgehead atoms. The van der Waals surface area contributed by atoms with Crippen LogP contribution in [0.4, 0.5) is 14.5 Å². The summed E-state index contributed by atoms with van der Waals surface area (Å²) in [6, 6.07) is 17.1. The van der Waals surface area contributed by atoms with E-state index in [1.807, 2.05) is 0 Å². The summed E-state index contributed by atoms with van der Waals surface area (Å²) in [6.45, 7) is 0.346. The lowest BCUT2D eigenvalue weighted by atomic mass is 10.1. The summed E-state index contributed by atoms with van der Waals surface area (Å²) < 4.78 is 54.3. The average Bonchev–Trinajstić information content (AvgIpc) is 3.60. The lowest BCUT2D eigenvalue weighted by Gasteiger charge is -2.23. The Bertz CT molecular complexity index is 1190. The van der Waals surface area contributed by atoms with Gasteiger partial charge in [-0.1, -0.05) is 24.3 Å². The van der Waals surface area contributed by atoms with E-state index in [0.717, 1.165) is 24.5 Å². The number of sulfonamides is 1. The zero-order valence-electron chi connectivity index (χ0n) is 16.5. The molecule has 0 atom stereocenters. The van der Waals surface area contributed by atoms with Crippen molar-refractivity contribution in [1.29, 1.82) is 0 Å². The first-order valence-corrected chi connectivity index (χ1v) is 11.2. The summed E-state index contributed by atoms with van der Waals surface area (Å²) >= 11 is 0. The van der Waals surface area contributed by atoms with Gasteiger partial charge in [0.15, 0.2) is 0 Å². The predicted molar refractivity (Wildman–Crippen MR) is 113 cm³/mol. The van der Waals surface area contributed by atoms with Gasteiger partial charge >= 0.3 is 0 Å². The fraction of sp³-hybridized carbons (Fsp3) is 0.174. The van der Waals surface area contributed by atoms with Crippen molar-refractivity contribution in [2.75, 3.05) is 4.72 Å². The topological polar surface area (TPSA) is 66.5 Å². The Morgan fingerprint density at radius 3 is 2.19 bits per heavy atom. The number of carbonyl (C=O) groups is 1. The van der Waals surface area contributed by atoms with Crippen LogP contribution in [0.5, 0.6) is 0 Å². The third-order valence-electron chi connectivity index (χ3n) is 5.04. The van der Waals surface area contributed by atoms with Crippen molar-refractivity contribution in [3.05, 3.63) is 95.6 Å². The number of rotatable bonds is 7. The Balaban J connectivity index is 1.51. The van der Waals surface area contributed by atoms with Crippen LogP contribution < -0.4 is 4.72 Å². The molecular formula is C23H20F2N2O3S. The standard InChI is InChI=1S/C23H20F2N2O3S/c24-18-9-5-16(6-10-18)15-27(19-11-12-19)23(28)17-7-13-20(14-8-17)31(29,30)26-22-4-2-1-3-21(22)25/h1-10,13-14,19,26H,11-12,15H2. The van der Waals surface area contributed by atoms with Gasteiger partial charge in [0.2, 0.25) is 0 Å². The van der Waals surface area contributed by atoms with Gasteiger partial charge in [-0.25, -0.2) is 17.2 Å². The minimum atomic E-state index is -4.01. The van der Waals surface area contributed by atoms with Gasteiger partial charge in [0.05, 0.1) is 10.6 Å². The molecule has 1 saturated carbocycles. The fourth-order valence-electron chi connectivity index (χ4n) is 3.23. The van der Waals surface area contributed by atoms with Crippen LogP contribution >= 0.6 is 0 Å². The Morgan fingerprint density at radius 2 is 1.58 bits per heavy atom. The number of benzene rings is 3.